The van der Waals surface area contributed by atoms with Crippen molar-refractivity contribution < 1.29 is 14.3 Å². The van der Waals surface area contributed by atoms with E-state index in [-0.39, 0.29) is 17.0 Å². The molecule has 1 aromatic carbocycles. The lowest BCUT2D eigenvalue weighted by Crippen LogP contribution is -2.16. The van der Waals surface area contributed by atoms with Gasteiger partial charge in [-0.1, -0.05) is 0 Å². The fourth-order valence-electron chi connectivity index (χ4n) is 1.39. The van der Waals surface area contributed by atoms with Crippen LogP contribution in [0.25, 0.3) is 0 Å². The molecular weight excluding hydrogens is 239 g/mol. The Morgan fingerprint density at radius 2 is 2.06 bits per heavy atom. The van der Waals surface area contributed by atoms with Gasteiger partial charge in [-0.25, -0.2) is 4.39 Å². The summed E-state index contributed by atoms with van der Waals surface area (Å²) in [6.07, 6.45) is 1.32. The molecule has 0 bridgehead atoms. The van der Waals surface area contributed by atoms with Crippen LogP contribution in [0.5, 0.6) is 5.75 Å². The number of carbonyl (C=O) groups is 1. The minimum absolute atomic E-state index is 0.0712. The average molecular weight is 248 g/mol. The lowest BCUT2D eigenvalue weighted by molar-refractivity contribution is 0.102. The Balaban J connectivity index is 2.24. The number of aromatic hydroxyl groups is 1. The van der Waals surface area contributed by atoms with Gasteiger partial charge in [-0.15, -0.1) is 0 Å². The third-order valence-electron chi connectivity index (χ3n) is 2.24. The summed E-state index contributed by atoms with van der Waals surface area (Å²) in [6, 6.07) is 5.86. The lowest BCUT2D eigenvalue weighted by atomic mass is 10.2. The van der Waals surface area contributed by atoms with E-state index in [4.69, 9.17) is 5.11 Å². The van der Waals surface area contributed by atoms with Gasteiger partial charge in [-0.3, -0.25) is 9.59 Å². The summed E-state index contributed by atoms with van der Waals surface area (Å²) < 4.78 is 13.4. The van der Waals surface area contributed by atoms with Crippen molar-refractivity contribution >= 4 is 11.6 Å². The molecule has 2 aromatic rings. The Bertz CT molecular complexity index is 652. The van der Waals surface area contributed by atoms with E-state index in [2.05, 4.69) is 10.3 Å². The average Bonchev–Trinajstić information content (AvgIpc) is 2.32. The minimum atomic E-state index is -0.756. The Labute approximate surface area is 101 Å². The standard InChI is InChI=1S/C12H9FN2O3/c13-9-6-8(16)1-2-10(9)15-12(18)7-3-4-14-11(17)5-7/h1-6,16H,(H,14,17)(H,15,18). The normalized spacial score (nSPS) is 10.1. The molecule has 1 aromatic heterocycles. The quantitative estimate of drug-likeness (QED) is 0.704. The van der Waals surface area contributed by atoms with Crippen LogP contribution in [0.4, 0.5) is 10.1 Å². The number of hydrogen-bond acceptors (Lipinski definition) is 3. The number of H-pyrrole nitrogens is 1. The highest BCUT2D eigenvalue weighted by Crippen LogP contribution is 2.19. The largest absolute Gasteiger partial charge is 0.508 e. The Kier molecular flexibility index (Phi) is 3.09. The highest BCUT2D eigenvalue weighted by atomic mass is 19.1. The first kappa shape index (κ1) is 11.8. The van der Waals surface area contributed by atoms with Crippen LogP contribution in [-0.2, 0) is 0 Å². The van der Waals surface area contributed by atoms with Crippen LogP contribution in [0.3, 0.4) is 0 Å². The van der Waals surface area contributed by atoms with Gasteiger partial charge in [-0.2, -0.15) is 0 Å². The summed E-state index contributed by atoms with van der Waals surface area (Å²) in [5, 5.41) is 11.3. The van der Waals surface area contributed by atoms with Crippen molar-refractivity contribution in [2.45, 2.75) is 0 Å². The summed E-state index contributed by atoms with van der Waals surface area (Å²) in [5.74, 6) is -1.60. The van der Waals surface area contributed by atoms with Gasteiger partial charge in [0.05, 0.1) is 5.69 Å². The molecule has 0 atom stereocenters. The molecule has 1 amide bonds. The molecule has 0 aliphatic rings. The van der Waals surface area contributed by atoms with Crippen molar-refractivity contribution in [1.29, 1.82) is 0 Å². The number of carbonyl (C=O) groups excluding carboxylic acids is 1. The van der Waals surface area contributed by atoms with E-state index in [1.165, 1.54) is 24.4 Å². The van der Waals surface area contributed by atoms with Gasteiger partial charge in [0, 0.05) is 23.9 Å². The van der Waals surface area contributed by atoms with E-state index >= 15 is 0 Å². The highest BCUT2D eigenvalue weighted by molar-refractivity contribution is 6.04. The summed E-state index contributed by atoms with van der Waals surface area (Å²) in [5.41, 5.74) is -0.377. The molecular formula is C12H9FN2O3. The number of anilines is 1. The third-order valence-corrected chi connectivity index (χ3v) is 2.24. The van der Waals surface area contributed by atoms with Gasteiger partial charge in [0.25, 0.3) is 5.91 Å². The molecule has 0 aliphatic heterocycles. The number of pyridine rings is 1. The van der Waals surface area contributed by atoms with E-state index in [0.717, 1.165) is 12.1 Å². The van der Waals surface area contributed by atoms with E-state index in [0.29, 0.717) is 0 Å². The molecule has 0 saturated carbocycles. The summed E-state index contributed by atoms with van der Waals surface area (Å²) >= 11 is 0. The van der Waals surface area contributed by atoms with Gasteiger partial charge in [0.2, 0.25) is 5.56 Å². The molecule has 0 fully saturated rings. The van der Waals surface area contributed by atoms with Crippen LogP contribution in [-0.4, -0.2) is 16.0 Å². The topological polar surface area (TPSA) is 82.2 Å². The highest BCUT2D eigenvalue weighted by Gasteiger charge is 2.10. The van der Waals surface area contributed by atoms with Crippen LogP contribution >= 0.6 is 0 Å². The summed E-state index contributed by atoms with van der Waals surface area (Å²) in [7, 11) is 0. The maximum atomic E-state index is 13.4. The van der Waals surface area contributed by atoms with Crippen molar-refractivity contribution in [2.75, 3.05) is 5.32 Å². The first-order chi connectivity index (χ1) is 8.56. The van der Waals surface area contributed by atoms with Crippen molar-refractivity contribution in [3.63, 3.8) is 0 Å². The van der Waals surface area contributed by atoms with Crippen molar-refractivity contribution in [3.8, 4) is 5.75 Å². The SMILES string of the molecule is O=C(Nc1ccc(O)cc1F)c1cc[nH]c(=O)c1. The second kappa shape index (κ2) is 4.70. The van der Waals surface area contributed by atoms with Crippen LogP contribution in [0.15, 0.2) is 41.3 Å². The first-order valence-corrected chi connectivity index (χ1v) is 5.05. The number of halogens is 1. The number of nitrogens with one attached hydrogen (secondary N) is 2. The predicted molar refractivity (Wildman–Crippen MR) is 63.1 cm³/mol. The Morgan fingerprint density at radius 3 is 2.72 bits per heavy atom. The van der Waals surface area contributed by atoms with E-state index in [9.17, 15) is 14.0 Å². The van der Waals surface area contributed by atoms with Crippen LogP contribution in [0.2, 0.25) is 0 Å². The maximum absolute atomic E-state index is 13.4. The molecule has 18 heavy (non-hydrogen) atoms. The lowest BCUT2D eigenvalue weighted by Gasteiger charge is -2.06. The minimum Gasteiger partial charge on any atom is -0.508 e. The monoisotopic (exact) mass is 248 g/mol. The zero-order chi connectivity index (χ0) is 13.1. The van der Waals surface area contributed by atoms with Crippen molar-refractivity contribution in [2.24, 2.45) is 0 Å². The third kappa shape index (κ3) is 2.54. The van der Waals surface area contributed by atoms with Crippen LogP contribution in [0, 0.1) is 5.82 Å². The van der Waals surface area contributed by atoms with Crippen molar-refractivity contribution in [1.82, 2.24) is 4.98 Å². The maximum Gasteiger partial charge on any atom is 0.255 e. The van der Waals surface area contributed by atoms with Crippen LogP contribution < -0.4 is 10.9 Å². The second-order valence-electron chi connectivity index (χ2n) is 3.56. The molecule has 0 saturated heterocycles. The molecule has 0 unspecified atom stereocenters. The zero-order valence-corrected chi connectivity index (χ0v) is 9.11. The molecule has 0 radical (unpaired) electrons. The molecule has 0 aliphatic carbocycles. The van der Waals surface area contributed by atoms with E-state index < -0.39 is 17.3 Å². The van der Waals surface area contributed by atoms with Crippen LogP contribution in [0.1, 0.15) is 10.4 Å². The fraction of sp³-hybridized carbons (Fsp3) is 0. The first-order valence-electron chi connectivity index (χ1n) is 5.05. The molecule has 0 spiro atoms. The van der Waals surface area contributed by atoms with Gasteiger partial charge in [0.15, 0.2) is 0 Å². The number of amides is 1. The number of aromatic amines is 1. The summed E-state index contributed by atoms with van der Waals surface area (Å²) in [4.78, 5) is 25.1. The van der Waals surface area contributed by atoms with Gasteiger partial charge < -0.3 is 15.4 Å². The number of phenolic OH excluding ortho intramolecular Hbond substituents is 1. The zero-order valence-electron chi connectivity index (χ0n) is 9.11. The number of phenols is 1. The van der Waals surface area contributed by atoms with Gasteiger partial charge in [0.1, 0.15) is 11.6 Å². The van der Waals surface area contributed by atoms with Gasteiger partial charge >= 0.3 is 0 Å². The number of rotatable bonds is 2. The molecule has 1 heterocycles. The van der Waals surface area contributed by atoms with E-state index in [1.807, 2.05) is 0 Å². The molecule has 3 N–H and O–H groups in total. The smallest absolute Gasteiger partial charge is 0.255 e. The molecule has 6 heteroatoms. The molecule has 5 nitrogen and oxygen atoms in total. The van der Waals surface area contributed by atoms with Gasteiger partial charge in [-0.05, 0) is 18.2 Å². The summed E-state index contributed by atoms with van der Waals surface area (Å²) in [6.45, 7) is 0. The second-order valence-corrected chi connectivity index (χ2v) is 3.56. The fourth-order valence-corrected chi connectivity index (χ4v) is 1.39. The predicted octanol–water partition coefficient (Wildman–Crippen LogP) is 1.47. The molecule has 92 valence electrons. The Hall–Kier alpha value is -2.63. The number of hydrogen-bond donors (Lipinski definition) is 3. The Morgan fingerprint density at radius 1 is 1.28 bits per heavy atom. The van der Waals surface area contributed by atoms with E-state index in [1.54, 1.807) is 0 Å². The molecule has 2 rings (SSSR count). The number of benzene rings is 1. The number of aromatic nitrogens is 1. The van der Waals surface area contributed by atoms with Crippen molar-refractivity contribution in [3.05, 3.63) is 58.3 Å².